The zero-order valence-electron chi connectivity index (χ0n) is 20.3. The van der Waals surface area contributed by atoms with E-state index in [9.17, 15) is 19.5 Å². The third kappa shape index (κ3) is 5.66. The van der Waals surface area contributed by atoms with E-state index in [0.29, 0.717) is 19.3 Å². The number of carboxylic acids is 1. The van der Waals surface area contributed by atoms with Crippen LogP contribution in [0.1, 0.15) is 63.0 Å². The fourth-order valence-electron chi connectivity index (χ4n) is 5.38. The van der Waals surface area contributed by atoms with Crippen LogP contribution < -0.4 is 10.6 Å². The number of amides is 2. The first kappa shape index (κ1) is 24.8. The first-order chi connectivity index (χ1) is 16.8. The van der Waals surface area contributed by atoms with Crippen LogP contribution in [0.4, 0.5) is 4.79 Å². The second-order valence-electron chi connectivity index (χ2n) is 10.00. The molecule has 0 bridgehead atoms. The Morgan fingerprint density at radius 1 is 0.971 bits per heavy atom. The minimum Gasteiger partial charge on any atom is -0.480 e. The van der Waals surface area contributed by atoms with Crippen LogP contribution in [0, 0.1) is 11.8 Å². The molecule has 186 valence electrons. The summed E-state index contributed by atoms with van der Waals surface area (Å²) in [6.07, 6.45) is 2.83. The van der Waals surface area contributed by atoms with Gasteiger partial charge < -0.3 is 20.5 Å². The van der Waals surface area contributed by atoms with Gasteiger partial charge >= 0.3 is 12.1 Å². The molecule has 1 fully saturated rings. The number of carboxylic acid groups (broad SMARTS) is 1. The highest BCUT2D eigenvalue weighted by molar-refractivity contribution is 5.86. The Hall–Kier alpha value is -3.35. The summed E-state index contributed by atoms with van der Waals surface area (Å²) in [5.74, 6) is -1.73. The number of rotatable bonds is 8. The van der Waals surface area contributed by atoms with Gasteiger partial charge in [0.2, 0.25) is 5.91 Å². The van der Waals surface area contributed by atoms with Gasteiger partial charge in [-0.15, -0.1) is 0 Å². The Morgan fingerprint density at radius 2 is 1.57 bits per heavy atom. The van der Waals surface area contributed by atoms with Crippen LogP contribution in [0.2, 0.25) is 0 Å². The van der Waals surface area contributed by atoms with Crippen molar-refractivity contribution in [2.45, 2.75) is 64.0 Å². The molecule has 2 aliphatic carbocycles. The summed E-state index contributed by atoms with van der Waals surface area (Å²) in [5.41, 5.74) is 4.61. The molecule has 2 aliphatic rings. The van der Waals surface area contributed by atoms with Gasteiger partial charge in [0.15, 0.2) is 0 Å². The van der Waals surface area contributed by atoms with Crippen molar-refractivity contribution in [1.82, 2.24) is 10.6 Å². The van der Waals surface area contributed by atoms with Gasteiger partial charge in [-0.05, 0) is 47.4 Å². The van der Waals surface area contributed by atoms with Crippen LogP contribution in [-0.4, -0.2) is 41.8 Å². The Balaban J connectivity index is 1.38. The van der Waals surface area contributed by atoms with Gasteiger partial charge in [-0.1, -0.05) is 75.2 Å². The predicted octanol–water partition coefficient (Wildman–Crippen LogP) is 4.70. The van der Waals surface area contributed by atoms with Crippen LogP contribution in [0.25, 0.3) is 11.1 Å². The Labute approximate surface area is 206 Å². The van der Waals surface area contributed by atoms with E-state index in [0.717, 1.165) is 35.1 Å². The summed E-state index contributed by atoms with van der Waals surface area (Å²) in [6, 6.07) is 15.0. The maximum atomic E-state index is 13.0. The maximum absolute atomic E-state index is 13.0. The fourth-order valence-corrected chi connectivity index (χ4v) is 5.38. The second kappa shape index (κ2) is 10.9. The van der Waals surface area contributed by atoms with Gasteiger partial charge in [0.25, 0.3) is 0 Å². The highest BCUT2D eigenvalue weighted by atomic mass is 16.5. The van der Waals surface area contributed by atoms with Crippen LogP contribution in [0.15, 0.2) is 48.5 Å². The van der Waals surface area contributed by atoms with Crippen LogP contribution in [-0.2, 0) is 14.3 Å². The highest BCUT2D eigenvalue weighted by Crippen LogP contribution is 2.44. The molecule has 0 radical (unpaired) electrons. The van der Waals surface area contributed by atoms with E-state index < -0.39 is 24.0 Å². The Kier molecular flexibility index (Phi) is 7.73. The molecule has 0 heterocycles. The summed E-state index contributed by atoms with van der Waals surface area (Å²) < 4.78 is 5.67. The number of aliphatic carboxylic acids is 1. The molecule has 2 aromatic rings. The van der Waals surface area contributed by atoms with Crippen molar-refractivity contribution in [3.63, 3.8) is 0 Å². The molecular weight excluding hydrogens is 444 g/mol. The Bertz CT molecular complexity index is 1040. The summed E-state index contributed by atoms with van der Waals surface area (Å²) >= 11 is 0. The summed E-state index contributed by atoms with van der Waals surface area (Å²) in [6.45, 7) is 4.05. The van der Waals surface area contributed by atoms with Gasteiger partial charge in [0, 0.05) is 12.0 Å². The van der Waals surface area contributed by atoms with Crippen LogP contribution in [0.3, 0.4) is 0 Å². The second-order valence-corrected chi connectivity index (χ2v) is 10.00. The SMILES string of the molecule is CC(C)C[C@@H](NC(=O)C1CCCCC1NC(=O)OCC1c2ccccc2-c2ccccc21)C(=O)O. The lowest BCUT2D eigenvalue weighted by molar-refractivity contribution is -0.143. The van der Waals surface area contributed by atoms with Crippen molar-refractivity contribution >= 4 is 18.0 Å². The van der Waals surface area contributed by atoms with E-state index in [-0.39, 0.29) is 30.4 Å². The van der Waals surface area contributed by atoms with E-state index in [4.69, 9.17) is 4.74 Å². The van der Waals surface area contributed by atoms with Gasteiger partial charge in [-0.2, -0.15) is 0 Å². The molecule has 7 heteroatoms. The molecule has 0 spiro atoms. The monoisotopic (exact) mass is 478 g/mol. The number of carbonyl (C=O) groups excluding carboxylic acids is 2. The lowest BCUT2D eigenvalue weighted by Crippen LogP contribution is -2.52. The van der Waals surface area contributed by atoms with Crippen LogP contribution in [0.5, 0.6) is 0 Å². The molecule has 1 saturated carbocycles. The molecule has 2 unspecified atom stereocenters. The van der Waals surface area contributed by atoms with Crippen molar-refractivity contribution < 1.29 is 24.2 Å². The molecule has 3 N–H and O–H groups in total. The third-order valence-corrected chi connectivity index (χ3v) is 7.07. The average Bonchev–Trinajstić information content (AvgIpc) is 3.16. The zero-order valence-corrected chi connectivity index (χ0v) is 20.3. The molecule has 7 nitrogen and oxygen atoms in total. The lowest BCUT2D eigenvalue weighted by atomic mass is 9.83. The molecule has 2 aromatic carbocycles. The summed E-state index contributed by atoms with van der Waals surface area (Å²) in [4.78, 5) is 37.3. The smallest absolute Gasteiger partial charge is 0.407 e. The standard InChI is InChI=1S/C28H34N2O5/c1-17(2)15-25(27(32)33)29-26(31)22-13-7-8-14-24(22)30-28(34)35-16-23-20-11-5-3-9-18(20)19-10-4-6-12-21(19)23/h3-6,9-12,17,22-25H,7-8,13-16H2,1-2H3,(H,29,31)(H,30,34)(H,32,33)/t22?,24?,25-/m1/s1. The van der Waals surface area contributed by atoms with Crippen molar-refractivity contribution in [2.24, 2.45) is 11.8 Å². The molecule has 2 amide bonds. The predicted molar refractivity (Wildman–Crippen MR) is 133 cm³/mol. The normalized spacial score (nSPS) is 20.0. The topological polar surface area (TPSA) is 105 Å². The molecule has 0 aliphatic heterocycles. The van der Waals surface area contributed by atoms with E-state index in [1.807, 2.05) is 38.1 Å². The number of hydrogen-bond acceptors (Lipinski definition) is 4. The highest BCUT2D eigenvalue weighted by Gasteiger charge is 2.35. The van der Waals surface area contributed by atoms with Crippen molar-refractivity contribution in [2.75, 3.05) is 6.61 Å². The average molecular weight is 479 g/mol. The van der Waals surface area contributed by atoms with Gasteiger partial charge in [0.05, 0.1) is 5.92 Å². The molecule has 0 aromatic heterocycles. The van der Waals surface area contributed by atoms with Gasteiger partial charge in [0.1, 0.15) is 12.6 Å². The lowest BCUT2D eigenvalue weighted by Gasteiger charge is -2.32. The number of fused-ring (bicyclic) bond motifs is 3. The number of benzene rings is 2. The van der Waals surface area contributed by atoms with Crippen molar-refractivity contribution in [1.29, 1.82) is 0 Å². The summed E-state index contributed by atoms with van der Waals surface area (Å²) in [7, 11) is 0. The van der Waals surface area contributed by atoms with Gasteiger partial charge in [-0.25, -0.2) is 9.59 Å². The van der Waals surface area contributed by atoms with E-state index in [1.54, 1.807) is 0 Å². The number of carbonyl (C=O) groups is 3. The first-order valence-corrected chi connectivity index (χ1v) is 12.5. The molecule has 4 rings (SSSR count). The zero-order chi connectivity index (χ0) is 24.9. The van der Waals surface area contributed by atoms with Crippen molar-refractivity contribution in [3.05, 3.63) is 59.7 Å². The quantitative estimate of drug-likeness (QED) is 0.510. The van der Waals surface area contributed by atoms with E-state index >= 15 is 0 Å². The number of nitrogens with one attached hydrogen (secondary N) is 2. The number of alkyl carbamates (subject to hydrolysis) is 1. The molecule has 0 saturated heterocycles. The molecule has 3 atom stereocenters. The molecular formula is C28H34N2O5. The summed E-state index contributed by atoms with van der Waals surface area (Å²) in [5, 5.41) is 15.1. The van der Waals surface area contributed by atoms with Crippen LogP contribution >= 0.6 is 0 Å². The number of hydrogen-bond donors (Lipinski definition) is 3. The molecule has 35 heavy (non-hydrogen) atoms. The Morgan fingerprint density at radius 3 is 2.17 bits per heavy atom. The van der Waals surface area contributed by atoms with E-state index in [1.165, 1.54) is 0 Å². The number of ether oxygens (including phenoxy) is 1. The largest absolute Gasteiger partial charge is 0.480 e. The van der Waals surface area contributed by atoms with E-state index in [2.05, 4.69) is 34.9 Å². The third-order valence-electron chi connectivity index (χ3n) is 7.07. The minimum atomic E-state index is -1.04. The fraction of sp³-hybridized carbons (Fsp3) is 0.464. The maximum Gasteiger partial charge on any atom is 0.407 e. The van der Waals surface area contributed by atoms with Gasteiger partial charge in [-0.3, -0.25) is 4.79 Å². The minimum absolute atomic E-state index is 0.0361. The first-order valence-electron chi connectivity index (χ1n) is 12.5. The van der Waals surface area contributed by atoms with Crippen molar-refractivity contribution in [3.8, 4) is 11.1 Å².